The molecule has 3 aromatic carbocycles. The van der Waals surface area contributed by atoms with Crippen LogP contribution in [0.3, 0.4) is 0 Å². The molecule has 3 nitrogen and oxygen atoms in total. The number of likely N-dealkylation sites (N-methyl/N-ethyl adjacent to an activating group) is 1. The third-order valence-electron chi connectivity index (χ3n) is 4.81. The molecular weight excluding hydrogens is 365 g/mol. The van der Waals surface area contributed by atoms with Crippen LogP contribution in [0.15, 0.2) is 66.7 Å². The first-order valence-electron chi connectivity index (χ1n) is 9.00. The molecule has 0 unspecified atom stereocenters. The second-order valence-corrected chi connectivity index (χ2v) is 6.99. The van der Waals surface area contributed by atoms with Crippen molar-refractivity contribution in [3.63, 3.8) is 0 Å². The largest absolute Gasteiger partial charge is 0.416 e. The van der Waals surface area contributed by atoms with Crippen LogP contribution >= 0.6 is 0 Å². The standard InChI is InChI=1S/C22H21F3N2O/c1-27(2)20(19-12-6-8-15-7-3-4-11-18(15)19)14-26-21(28)16-9-5-10-17(13-16)22(23,24)25/h3-13,20H,14H2,1-2H3,(H,26,28)/p+1/t20-/m0/s1. The van der Waals surface area contributed by atoms with Crippen molar-refractivity contribution in [1.82, 2.24) is 5.32 Å². The Morgan fingerprint density at radius 2 is 1.68 bits per heavy atom. The minimum Gasteiger partial charge on any atom is -0.346 e. The number of hydrogen-bond acceptors (Lipinski definition) is 1. The van der Waals surface area contributed by atoms with Gasteiger partial charge < -0.3 is 10.2 Å². The molecule has 6 heteroatoms. The zero-order valence-electron chi connectivity index (χ0n) is 15.7. The molecule has 0 aliphatic heterocycles. The molecule has 3 aromatic rings. The SMILES string of the molecule is C[NH+](C)[C@@H](CNC(=O)c1cccc(C(F)(F)F)c1)c1cccc2ccccc12. The predicted octanol–water partition coefficient (Wildman–Crippen LogP) is 3.47. The summed E-state index contributed by atoms with van der Waals surface area (Å²) in [5, 5.41) is 5.00. The first kappa shape index (κ1) is 19.9. The molecule has 146 valence electrons. The molecule has 3 rings (SSSR count). The Balaban J connectivity index is 1.82. The monoisotopic (exact) mass is 387 g/mol. The van der Waals surface area contributed by atoms with E-state index in [1.807, 2.05) is 56.6 Å². The summed E-state index contributed by atoms with van der Waals surface area (Å²) in [5.74, 6) is -0.516. The zero-order valence-corrected chi connectivity index (χ0v) is 15.7. The highest BCUT2D eigenvalue weighted by Crippen LogP contribution is 2.29. The van der Waals surface area contributed by atoms with Crippen LogP contribution in [0.2, 0.25) is 0 Å². The fourth-order valence-corrected chi connectivity index (χ4v) is 3.31. The number of amides is 1. The molecule has 0 radical (unpaired) electrons. The van der Waals surface area contributed by atoms with E-state index >= 15 is 0 Å². The van der Waals surface area contributed by atoms with Gasteiger partial charge in [-0.05, 0) is 29.0 Å². The minimum atomic E-state index is -4.48. The Labute approximate surface area is 161 Å². The van der Waals surface area contributed by atoms with E-state index in [1.165, 1.54) is 12.1 Å². The van der Waals surface area contributed by atoms with Crippen LogP contribution in [0.5, 0.6) is 0 Å². The number of benzene rings is 3. The number of nitrogens with one attached hydrogen (secondary N) is 2. The number of rotatable bonds is 5. The molecule has 0 heterocycles. The van der Waals surface area contributed by atoms with E-state index in [1.54, 1.807) is 0 Å². The Bertz CT molecular complexity index is 977. The minimum absolute atomic E-state index is 0.000232. The Kier molecular flexibility index (Phi) is 5.70. The van der Waals surface area contributed by atoms with E-state index in [-0.39, 0.29) is 11.6 Å². The predicted molar refractivity (Wildman–Crippen MR) is 103 cm³/mol. The fraction of sp³-hybridized carbons (Fsp3) is 0.227. The van der Waals surface area contributed by atoms with Crippen molar-refractivity contribution in [1.29, 1.82) is 0 Å². The molecule has 0 bridgehead atoms. The highest BCUT2D eigenvalue weighted by Gasteiger charge is 2.31. The van der Waals surface area contributed by atoms with Crippen LogP contribution < -0.4 is 10.2 Å². The molecule has 28 heavy (non-hydrogen) atoms. The maximum absolute atomic E-state index is 12.9. The Morgan fingerprint density at radius 1 is 1.00 bits per heavy atom. The van der Waals surface area contributed by atoms with Gasteiger partial charge in [0.2, 0.25) is 0 Å². The molecule has 0 aliphatic rings. The highest BCUT2D eigenvalue weighted by molar-refractivity contribution is 5.94. The van der Waals surface area contributed by atoms with Crippen molar-refractivity contribution in [2.75, 3.05) is 20.6 Å². The first-order chi connectivity index (χ1) is 13.3. The number of quaternary nitrogens is 1. The fourth-order valence-electron chi connectivity index (χ4n) is 3.31. The maximum Gasteiger partial charge on any atom is 0.416 e. The van der Waals surface area contributed by atoms with E-state index in [9.17, 15) is 18.0 Å². The van der Waals surface area contributed by atoms with Crippen molar-refractivity contribution in [2.45, 2.75) is 12.2 Å². The van der Waals surface area contributed by atoms with Gasteiger partial charge in [0.05, 0.1) is 26.2 Å². The second kappa shape index (κ2) is 8.02. The highest BCUT2D eigenvalue weighted by atomic mass is 19.4. The van der Waals surface area contributed by atoms with E-state index in [0.29, 0.717) is 6.54 Å². The Hall–Kier alpha value is -2.86. The first-order valence-corrected chi connectivity index (χ1v) is 9.00. The summed E-state index contributed by atoms with van der Waals surface area (Å²) < 4.78 is 38.7. The molecule has 2 N–H and O–H groups in total. The quantitative estimate of drug-likeness (QED) is 0.691. The van der Waals surface area contributed by atoms with Gasteiger partial charge in [0.25, 0.3) is 5.91 Å². The van der Waals surface area contributed by atoms with Crippen LogP contribution in [-0.2, 0) is 6.18 Å². The van der Waals surface area contributed by atoms with Crippen molar-refractivity contribution < 1.29 is 22.9 Å². The number of carbonyl (C=O) groups excluding carboxylic acids is 1. The van der Waals surface area contributed by atoms with Gasteiger partial charge in [-0.2, -0.15) is 13.2 Å². The van der Waals surface area contributed by atoms with Crippen LogP contribution in [0.1, 0.15) is 27.5 Å². The Morgan fingerprint density at radius 3 is 2.39 bits per heavy atom. The van der Waals surface area contributed by atoms with Gasteiger partial charge >= 0.3 is 6.18 Å². The second-order valence-electron chi connectivity index (χ2n) is 6.99. The zero-order chi connectivity index (χ0) is 20.3. The molecular formula is C22H22F3N2O+. The van der Waals surface area contributed by atoms with Gasteiger partial charge in [-0.15, -0.1) is 0 Å². The van der Waals surface area contributed by atoms with Gasteiger partial charge in [0.15, 0.2) is 0 Å². The number of carbonyl (C=O) groups is 1. The van der Waals surface area contributed by atoms with Crippen LogP contribution in [0.25, 0.3) is 10.8 Å². The van der Waals surface area contributed by atoms with E-state index < -0.39 is 17.6 Å². The number of hydrogen-bond donors (Lipinski definition) is 2. The van der Waals surface area contributed by atoms with Crippen LogP contribution in [0.4, 0.5) is 13.2 Å². The van der Waals surface area contributed by atoms with Gasteiger partial charge in [0.1, 0.15) is 6.04 Å². The van der Waals surface area contributed by atoms with Gasteiger partial charge in [-0.3, -0.25) is 4.79 Å². The van der Waals surface area contributed by atoms with Crippen LogP contribution in [0, 0.1) is 0 Å². The molecule has 1 atom stereocenters. The third-order valence-corrected chi connectivity index (χ3v) is 4.81. The summed E-state index contributed by atoms with van der Waals surface area (Å²) in [7, 11) is 3.98. The molecule has 0 saturated carbocycles. The normalized spacial score (nSPS) is 12.9. The molecule has 0 aliphatic carbocycles. The maximum atomic E-state index is 12.9. The summed E-state index contributed by atoms with van der Waals surface area (Å²) in [5.41, 5.74) is 0.256. The summed E-state index contributed by atoms with van der Waals surface area (Å²) in [4.78, 5) is 13.6. The molecule has 1 amide bonds. The van der Waals surface area contributed by atoms with Gasteiger partial charge in [-0.25, -0.2) is 0 Å². The molecule has 0 fully saturated rings. The number of alkyl halides is 3. The van der Waals surface area contributed by atoms with Crippen molar-refractivity contribution in [2.24, 2.45) is 0 Å². The molecule has 0 saturated heterocycles. The molecule has 0 spiro atoms. The van der Waals surface area contributed by atoms with Crippen LogP contribution in [-0.4, -0.2) is 26.5 Å². The van der Waals surface area contributed by atoms with Crippen molar-refractivity contribution in [3.8, 4) is 0 Å². The lowest BCUT2D eigenvalue weighted by molar-refractivity contribution is -0.890. The van der Waals surface area contributed by atoms with E-state index in [4.69, 9.17) is 0 Å². The molecule has 0 aromatic heterocycles. The van der Waals surface area contributed by atoms with Gasteiger partial charge in [-0.1, -0.05) is 48.5 Å². The topological polar surface area (TPSA) is 33.5 Å². The third kappa shape index (κ3) is 4.34. The summed E-state index contributed by atoms with van der Waals surface area (Å²) in [6.45, 7) is 0.311. The summed E-state index contributed by atoms with van der Waals surface area (Å²) in [6.07, 6.45) is -4.48. The lowest BCUT2D eigenvalue weighted by Gasteiger charge is -2.23. The average Bonchev–Trinajstić information content (AvgIpc) is 2.67. The smallest absolute Gasteiger partial charge is 0.346 e. The van der Waals surface area contributed by atoms with Gasteiger partial charge in [0, 0.05) is 11.1 Å². The lowest BCUT2D eigenvalue weighted by atomic mass is 9.98. The number of halogens is 3. The van der Waals surface area contributed by atoms with E-state index in [2.05, 4.69) is 5.32 Å². The van der Waals surface area contributed by atoms with Crippen molar-refractivity contribution in [3.05, 3.63) is 83.4 Å². The summed E-state index contributed by atoms with van der Waals surface area (Å²) >= 11 is 0. The average molecular weight is 387 g/mol. The summed E-state index contributed by atoms with van der Waals surface area (Å²) in [6, 6.07) is 18.5. The van der Waals surface area contributed by atoms with E-state index in [0.717, 1.165) is 33.4 Å². The van der Waals surface area contributed by atoms with Crippen molar-refractivity contribution >= 4 is 16.7 Å². The number of fused-ring (bicyclic) bond motifs is 1. The lowest BCUT2D eigenvalue weighted by Crippen LogP contribution is -3.07.